The van der Waals surface area contributed by atoms with Crippen molar-refractivity contribution in [2.45, 2.75) is 0 Å². The maximum Gasteiger partial charge on any atom is 0.320 e. The van der Waals surface area contributed by atoms with E-state index in [2.05, 4.69) is 13.2 Å². The fraction of sp³-hybridized carbons (Fsp3) is 0.375. The van der Waals surface area contributed by atoms with E-state index < -0.39 is 21.7 Å². The lowest BCUT2D eigenvalue weighted by molar-refractivity contribution is -0.134. The van der Waals surface area contributed by atoms with Crippen molar-refractivity contribution in [2.24, 2.45) is 0 Å². The van der Waals surface area contributed by atoms with Gasteiger partial charge >= 0.3 is 5.97 Å². The highest BCUT2D eigenvalue weighted by molar-refractivity contribution is 7.89. The van der Waals surface area contributed by atoms with Gasteiger partial charge in [0.1, 0.15) is 0 Å². The zero-order chi connectivity index (χ0) is 11.2. The largest absolute Gasteiger partial charge is 0.480 e. The summed E-state index contributed by atoms with van der Waals surface area (Å²) in [5.41, 5.74) is 0. The number of hydrogen-bond acceptors (Lipinski definition) is 3. The van der Waals surface area contributed by atoms with Gasteiger partial charge in [-0.05, 0) is 0 Å². The second kappa shape index (κ2) is 5.56. The highest BCUT2D eigenvalue weighted by Crippen LogP contribution is 2.01. The number of carboxylic acids is 1. The van der Waals surface area contributed by atoms with E-state index in [9.17, 15) is 13.2 Å². The van der Waals surface area contributed by atoms with Crippen molar-refractivity contribution < 1.29 is 18.3 Å². The quantitative estimate of drug-likeness (QED) is 0.615. The van der Waals surface area contributed by atoms with Gasteiger partial charge in [-0.3, -0.25) is 4.79 Å². The molecule has 0 heterocycles. The van der Waals surface area contributed by atoms with Gasteiger partial charge < -0.3 is 5.11 Å². The Morgan fingerprint density at radius 2 is 1.71 bits per heavy atom. The molecule has 0 aliphatic carbocycles. The molecule has 0 bridgehead atoms. The van der Waals surface area contributed by atoms with Crippen LogP contribution >= 0.6 is 0 Å². The molecule has 80 valence electrons. The fourth-order valence-corrected chi connectivity index (χ4v) is 2.00. The van der Waals surface area contributed by atoms with Crippen LogP contribution in [0.15, 0.2) is 25.3 Å². The summed E-state index contributed by atoms with van der Waals surface area (Å²) in [6.45, 7) is 6.95. The molecule has 0 atom stereocenters. The number of hydrogen-bond donors (Lipinski definition) is 1. The number of nitrogens with zero attached hydrogens (tertiary/aromatic N) is 1. The predicted molar refractivity (Wildman–Crippen MR) is 53.4 cm³/mol. The van der Waals surface area contributed by atoms with E-state index in [1.54, 1.807) is 0 Å². The van der Waals surface area contributed by atoms with Crippen molar-refractivity contribution in [1.29, 1.82) is 0 Å². The van der Waals surface area contributed by atoms with Crippen LogP contribution < -0.4 is 0 Å². The molecule has 5 nitrogen and oxygen atoms in total. The average molecular weight is 219 g/mol. The molecule has 0 aliphatic heterocycles. The molecule has 0 unspecified atom stereocenters. The van der Waals surface area contributed by atoms with Crippen LogP contribution in [-0.4, -0.2) is 42.6 Å². The number of carboxylic acid groups (broad SMARTS) is 1. The third-order valence-electron chi connectivity index (χ3n) is 1.36. The first kappa shape index (κ1) is 12.9. The van der Waals surface area contributed by atoms with Crippen LogP contribution in [0.1, 0.15) is 0 Å². The van der Waals surface area contributed by atoms with Crippen molar-refractivity contribution >= 4 is 16.0 Å². The molecule has 0 amide bonds. The molecule has 0 rings (SSSR count). The summed E-state index contributed by atoms with van der Waals surface area (Å²) in [6, 6.07) is 0. The second-order valence-corrected chi connectivity index (χ2v) is 4.51. The van der Waals surface area contributed by atoms with E-state index in [4.69, 9.17) is 5.11 Å². The number of carbonyl (C=O) groups is 1. The third kappa shape index (κ3) is 4.20. The SMILES string of the molecule is C=CCN(CC=C)S(=O)(=O)CC(=O)O. The molecule has 0 fully saturated rings. The monoisotopic (exact) mass is 219 g/mol. The van der Waals surface area contributed by atoms with Gasteiger partial charge in [-0.1, -0.05) is 12.2 Å². The van der Waals surface area contributed by atoms with Crippen LogP contribution in [0.3, 0.4) is 0 Å². The minimum absolute atomic E-state index is 0.0850. The molecule has 6 heteroatoms. The van der Waals surface area contributed by atoms with E-state index in [0.717, 1.165) is 4.31 Å². The van der Waals surface area contributed by atoms with Crippen LogP contribution in [0.25, 0.3) is 0 Å². The first-order valence-corrected chi connectivity index (χ1v) is 5.46. The molecule has 0 aromatic heterocycles. The highest BCUT2D eigenvalue weighted by Gasteiger charge is 2.22. The van der Waals surface area contributed by atoms with Gasteiger partial charge in [-0.25, -0.2) is 8.42 Å². The summed E-state index contributed by atoms with van der Waals surface area (Å²) >= 11 is 0. The maximum atomic E-state index is 11.4. The normalized spacial score (nSPS) is 11.2. The average Bonchev–Trinajstić information content (AvgIpc) is 2.01. The van der Waals surface area contributed by atoms with Gasteiger partial charge in [0.2, 0.25) is 10.0 Å². The van der Waals surface area contributed by atoms with E-state index in [0.29, 0.717) is 0 Å². The molecule has 0 saturated carbocycles. The van der Waals surface area contributed by atoms with Crippen LogP contribution in [0.2, 0.25) is 0 Å². The number of rotatable bonds is 7. The smallest absolute Gasteiger partial charge is 0.320 e. The minimum atomic E-state index is -3.75. The van der Waals surface area contributed by atoms with Gasteiger partial charge in [0, 0.05) is 13.1 Å². The lowest BCUT2D eigenvalue weighted by atomic mass is 10.5. The van der Waals surface area contributed by atoms with Crippen LogP contribution in [-0.2, 0) is 14.8 Å². The molecule has 14 heavy (non-hydrogen) atoms. The Kier molecular flexibility index (Phi) is 5.11. The molecular formula is C8H13NO4S. The zero-order valence-electron chi connectivity index (χ0n) is 7.72. The molecule has 0 spiro atoms. The fourth-order valence-electron chi connectivity index (χ4n) is 0.837. The van der Waals surface area contributed by atoms with Gasteiger partial charge in [0.15, 0.2) is 5.75 Å². The summed E-state index contributed by atoms with van der Waals surface area (Å²) in [6.07, 6.45) is 2.78. The van der Waals surface area contributed by atoms with Crippen molar-refractivity contribution in [2.75, 3.05) is 18.8 Å². The van der Waals surface area contributed by atoms with Gasteiger partial charge in [0.05, 0.1) is 0 Å². The molecule has 0 saturated heterocycles. The molecular weight excluding hydrogens is 206 g/mol. The summed E-state index contributed by atoms with van der Waals surface area (Å²) in [4.78, 5) is 10.3. The van der Waals surface area contributed by atoms with Crippen molar-refractivity contribution in [3.05, 3.63) is 25.3 Å². The van der Waals surface area contributed by atoms with Crippen molar-refractivity contribution in [1.82, 2.24) is 4.31 Å². The Hall–Kier alpha value is -1.14. The standard InChI is InChI=1S/C8H13NO4S/c1-3-5-9(6-4-2)14(12,13)7-8(10)11/h3-4H,1-2,5-7H2,(H,10,11). The second-order valence-electron chi connectivity index (χ2n) is 2.54. The van der Waals surface area contributed by atoms with Crippen molar-refractivity contribution in [3.63, 3.8) is 0 Å². The lowest BCUT2D eigenvalue weighted by Crippen LogP contribution is -2.35. The maximum absolute atomic E-state index is 11.4. The summed E-state index contributed by atoms with van der Waals surface area (Å²) in [5, 5.41) is 8.38. The molecule has 1 N–H and O–H groups in total. The summed E-state index contributed by atoms with van der Waals surface area (Å²) < 4.78 is 23.7. The van der Waals surface area contributed by atoms with Gasteiger partial charge in [-0.2, -0.15) is 4.31 Å². The van der Waals surface area contributed by atoms with E-state index in [1.165, 1.54) is 12.2 Å². The van der Waals surface area contributed by atoms with Gasteiger partial charge in [-0.15, -0.1) is 13.2 Å². The van der Waals surface area contributed by atoms with Crippen LogP contribution in [0.4, 0.5) is 0 Å². The van der Waals surface area contributed by atoms with Gasteiger partial charge in [0.25, 0.3) is 0 Å². The molecule has 0 aromatic rings. The Labute approximate surface area is 83.4 Å². The Morgan fingerprint density at radius 3 is 2.00 bits per heavy atom. The number of sulfonamides is 1. The summed E-state index contributed by atoms with van der Waals surface area (Å²) in [5.74, 6) is -2.28. The topological polar surface area (TPSA) is 74.7 Å². The van der Waals surface area contributed by atoms with Crippen LogP contribution in [0, 0.1) is 0 Å². The minimum Gasteiger partial charge on any atom is -0.480 e. The number of aliphatic carboxylic acids is 1. The molecule has 0 aromatic carbocycles. The molecule has 0 aliphatic rings. The first-order chi connectivity index (χ1) is 6.44. The first-order valence-electron chi connectivity index (χ1n) is 3.85. The Bertz CT molecular complexity index is 310. The van der Waals surface area contributed by atoms with Crippen molar-refractivity contribution in [3.8, 4) is 0 Å². The van der Waals surface area contributed by atoms with E-state index in [1.807, 2.05) is 0 Å². The highest BCUT2D eigenvalue weighted by atomic mass is 32.2. The van der Waals surface area contributed by atoms with E-state index in [-0.39, 0.29) is 13.1 Å². The third-order valence-corrected chi connectivity index (χ3v) is 3.06. The van der Waals surface area contributed by atoms with Crippen LogP contribution in [0.5, 0.6) is 0 Å². The summed E-state index contributed by atoms with van der Waals surface area (Å²) in [7, 11) is -3.75. The Morgan fingerprint density at radius 1 is 1.29 bits per heavy atom. The van der Waals surface area contributed by atoms with E-state index >= 15 is 0 Å². The zero-order valence-corrected chi connectivity index (χ0v) is 8.53. The predicted octanol–water partition coefficient (Wildman–Crippen LogP) is 0.0748. The lowest BCUT2D eigenvalue weighted by Gasteiger charge is -2.17. The Balaban J connectivity index is 4.69. The molecule has 0 radical (unpaired) electrons.